The lowest BCUT2D eigenvalue weighted by Crippen LogP contribution is -2.45. The highest BCUT2D eigenvalue weighted by Gasteiger charge is 2.35. The molecule has 0 aromatic carbocycles. The molecule has 1 aliphatic carbocycles. The quantitative estimate of drug-likeness (QED) is 0.727. The van der Waals surface area contributed by atoms with Crippen LogP contribution in [0.3, 0.4) is 0 Å². The molecule has 0 aromatic rings. The van der Waals surface area contributed by atoms with Crippen LogP contribution >= 0.6 is 0 Å². The minimum atomic E-state index is -0.607. The van der Waals surface area contributed by atoms with Crippen LogP contribution < -0.4 is 0 Å². The monoisotopic (exact) mass is 241 g/mol. The third-order valence-corrected chi connectivity index (χ3v) is 4.08. The summed E-state index contributed by atoms with van der Waals surface area (Å²) in [5.74, 6) is -0.0914. The smallest absolute Gasteiger partial charge is 0.308 e. The Morgan fingerprint density at radius 3 is 2.65 bits per heavy atom. The molecular formula is C14H27NO2. The highest BCUT2D eigenvalue weighted by atomic mass is 16.4. The summed E-state index contributed by atoms with van der Waals surface area (Å²) in [7, 11) is 2.09. The van der Waals surface area contributed by atoms with Crippen molar-refractivity contribution in [3.8, 4) is 0 Å². The number of rotatable bonds is 6. The van der Waals surface area contributed by atoms with Crippen molar-refractivity contribution in [1.82, 2.24) is 4.90 Å². The van der Waals surface area contributed by atoms with E-state index in [1.807, 2.05) is 0 Å². The van der Waals surface area contributed by atoms with Gasteiger partial charge in [-0.05, 0) is 45.2 Å². The molecule has 3 unspecified atom stereocenters. The molecule has 0 amide bonds. The third-order valence-electron chi connectivity index (χ3n) is 4.08. The first kappa shape index (κ1) is 14.5. The van der Waals surface area contributed by atoms with Crippen LogP contribution in [0.4, 0.5) is 0 Å². The molecule has 1 aliphatic rings. The minimum absolute atomic E-state index is 0.155. The number of aliphatic carboxylic acids is 1. The second-order valence-corrected chi connectivity index (χ2v) is 5.62. The lowest BCUT2D eigenvalue weighted by atomic mass is 9.78. The molecule has 0 bridgehead atoms. The Morgan fingerprint density at radius 1 is 1.35 bits per heavy atom. The fourth-order valence-electron chi connectivity index (χ4n) is 2.90. The van der Waals surface area contributed by atoms with Gasteiger partial charge in [0.1, 0.15) is 0 Å². The van der Waals surface area contributed by atoms with Crippen LogP contribution in [0.15, 0.2) is 0 Å². The van der Waals surface area contributed by atoms with E-state index in [-0.39, 0.29) is 12.0 Å². The van der Waals surface area contributed by atoms with Gasteiger partial charge >= 0.3 is 5.97 Å². The van der Waals surface area contributed by atoms with Crippen molar-refractivity contribution in [3.05, 3.63) is 0 Å². The molecule has 100 valence electrons. The molecule has 0 heterocycles. The molecule has 0 spiro atoms. The lowest BCUT2D eigenvalue weighted by Gasteiger charge is -2.38. The van der Waals surface area contributed by atoms with Gasteiger partial charge in [-0.15, -0.1) is 0 Å². The summed E-state index contributed by atoms with van der Waals surface area (Å²) in [5.41, 5.74) is 0. The average molecular weight is 241 g/mol. The van der Waals surface area contributed by atoms with Crippen molar-refractivity contribution in [2.24, 2.45) is 11.8 Å². The highest BCUT2D eigenvalue weighted by molar-refractivity contribution is 5.71. The van der Waals surface area contributed by atoms with E-state index in [2.05, 4.69) is 25.8 Å². The van der Waals surface area contributed by atoms with Gasteiger partial charge in [-0.2, -0.15) is 0 Å². The molecule has 0 radical (unpaired) electrons. The van der Waals surface area contributed by atoms with Gasteiger partial charge in [0, 0.05) is 6.04 Å². The third kappa shape index (κ3) is 4.30. The van der Waals surface area contributed by atoms with Gasteiger partial charge in [-0.25, -0.2) is 0 Å². The minimum Gasteiger partial charge on any atom is -0.481 e. The maximum atomic E-state index is 11.3. The van der Waals surface area contributed by atoms with Crippen LogP contribution in [-0.2, 0) is 4.79 Å². The molecule has 0 aromatic heterocycles. The van der Waals surface area contributed by atoms with Crippen molar-refractivity contribution >= 4 is 5.97 Å². The van der Waals surface area contributed by atoms with Gasteiger partial charge in [0.15, 0.2) is 0 Å². The largest absolute Gasteiger partial charge is 0.481 e. The predicted molar refractivity (Wildman–Crippen MR) is 70.1 cm³/mol. The Kier molecular flexibility index (Phi) is 5.96. The molecule has 1 N–H and O–H groups in total. The maximum Gasteiger partial charge on any atom is 0.308 e. The van der Waals surface area contributed by atoms with E-state index in [0.29, 0.717) is 5.92 Å². The molecule has 3 atom stereocenters. The van der Waals surface area contributed by atoms with Crippen LogP contribution in [0.25, 0.3) is 0 Å². The van der Waals surface area contributed by atoms with Gasteiger partial charge < -0.3 is 10.0 Å². The van der Waals surface area contributed by atoms with E-state index in [1.165, 1.54) is 19.3 Å². The van der Waals surface area contributed by atoms with Crippen molar-refractivity contribution in [2.45, 2.75) is 58.4 Å². The summed E-state index contributed by atoms with van der Waals surface area (Å²) in [5, 5.41) is 9.29. The number of carboxylic acids is 1. The fraction of sp³-hybridized carbons (Fsp3) is 0.929. The van der Waals surface area contributed by atoms with Gasteiger partial charge in [-0.3, -0.25) is 4.79 Å². The van der Waals surface area contributed by atoms with E-state index in [0.717, 1.165) is 25.8 Å². The van der Waals surface area contributed by atoms with Gasteiger partial charge in [-0.1, -0.05) is 26.7 Å². The van der Waals surface area contributed by atoms with Crippen molar-refractivity contribution in [3.63, 3.8) is 0 Å². The summed E-state index contributed by atoms with van der Waals surface area (Å²) in [4.78, 5) is 13.6. The number of carbonyl (C=O) groups is 1. The topological polar surface area (TPSA) is 40.5 Å². The zero-order valence-corrected chi connectivity index (χ0v) is 11.5. The highest BCUT2D eigenvalue weighted by Crippen LogP contribution is 2.32. The summed E-state index contributed by atoms with van der Waals surface area (Å²) >= 11 is 0. The fourth-order valence-corrected chi connectivity index (χ4v) is 2.90. The molecule has 1 fully saturated rings. The molecule has 1 rings (SSSR count). The van der Waals surface area contributed by atoms with E-state index in [9.17, 15) is 9.90 Å². The van der Waals surface area contributed by atoms with Crippen LogP contribution in [0.2, 0.25) is 0 Å². The first-order valence-corrected chi connectivity index (χ1v) is 6.99. The Hall–Kier alpha value is -0.570. The Balaban J connectivity index is 2.52. The van der Waals surface area contributed by atoms with E-state index < -0.39 is 5.97 Å². The zero-order valence-electron chi connectivity index (χ0n) is 11.5. The van der Waals surface area contributed by atoms with Gasteiger partial charge in [0.05, 0.1) is 5.92 Å². The molecule has 3 nitrogen and oxygen atoms in total. The molecule has 1 saturated carbocycles. The molecule has 3 heteroatoms. The first-order chi connectivity index (χ1) is 8.06. The van der Waals surface area contributed by atoms with Crippen molar-refractivity contribution < 1.29 is 9.90 Å². The summed E-state index contributed by atoms with van der Waals surface area (Å²) in [6.07, 6.45) is 6.60. The van der Waals surface area contributed by atoms with E-state index in [4.69, 9.17) is 0 Å². The molecule has 0 aliphatic heterocycles. The standard InChI is InChI=1S/C14H27NO2/c1-4-5-6-9-15(3)13-10-11(2)7-8-12(13)14(16)17/h11-13H,4-10H2,1-3H3,(H,16,17). The van der Waals surface area contributed by atoms with Crippen LogP contribution in [0.5, 0.6) is 0 Å². The van der Waals surface area contributed by atoms with Crippen LogP contribution in [0.1, 0.15) is 52.4 Å². The second kappa shape index (κ2) is 7.00. The molecular weight excluding hydrogens is 214 g/mol. The Morgan fingerprint density at radius 2 is 2.06 bits per heavy atom. The number of nitrogens with zero attached hydrogens (tertiary/aromatic N) is 1. The maximum absolute atomic E-state index is 11.3. The average Bonchev–Trinajstić information content (AvgIpc) is 2.28. The second-order valence-electron chi connectivity index (χ2n) is 5.62. The molecule has 0 saturated heterocycles. The lowest BCUT2D eigenvalue weighted by molar-refractivity contribution is -0.145. The zero-order chi connectivity index (χ0) is 12.8. The number of hydrogen-bond acceptors (Lipinski definition) is 2. The first-order valence-electron chi connectivity index (χ1n) is 6.99. The van der Waals surface area contributed by atoms with Gasteiger partial charge in [0.2, 0.25) is 0 Å². The van der Waals surface area contributed by atoms with Crippen LogP contribution in [0, 0.1) is 11.8 Å². The predicted octanol–water partition coefficient (Wildman–Crippen LogP) is 3.00. The summed E-state index contributed by atoms with van der Waals surface area (Å²) < 4.78 is 0. The summed E-state index contributed by atoms with van der Waals surface area (Å²) in [6.45, 7) is 5.47. The van der Waals surface area contributed by atoms with Gasteiger partial charge in [0.25, 0.3) is 0 Å². The Labute approximate surface area is 105 Å². The SMILES string of the molecule is CCCCCN(C)C1CC(C)CCC1C(=O)O. The normalized spacial score (nSPS) is 29.5. The molecule has 17 heavy (non-hydrogen) atoms. The van der Waals surface area contributed by atoms with Crippen molar-refractivity contribution in [2.75, 3.05) is 13.6 Å². The van der Waals surface area contributed by atoms with E-state index >= 15 is 0 Å². The number of unbranched alkanes of at least 4 members (excludes halogenated alkanes) is 2. The number of carboxylic acid groups (broad SMARTS) is 1. The van der Waals surface area contributed by atoms with Crippen molar-refractivity contribution in [1.29, 1.82) is 0 Å². The summed E-state index contributed by atoms with van der Waals surface area (Å²) in [6, 6.07) is 0.244. The van der Waals surface area contributed by atoms with Crippen LogP contribution in [-0.4, -0.2) is 35.6 Å². The number of hydrogen-bond donors (Lipinski definition) is 1. The van der Waals surface area contributed by atoms with E-state index in [1.54, 1.807) is 0 Å². The Bertz CT molecular complexity index is 242.